The minimum atomic E-state index is -0.202. The second kappa shape index (κ2) is 7.08. The van der Waals surface area contributed by atoms with Crippen LogP contribution in [0.5, 0.6) is 17.2 Å². The molecule has 1 aromatic carbocycles. The van der Waals surface area contributed by atoms with Gasteiger partial charge in [-0.05, 0) is 18.9 Å². The maximum atomic E-state index is 8.84. The van der Waals surface area contributed by atoms with Crippen LogP contribution in [0.15, 0.2) is 12.1 Å². The molecule has 0 bridgehead atoms. The number of aliphatic hydroxyl groups is 1. The van der Waals surface area contributed by atoms with Crippen LogP contribution in [0, 0.1) is 0 Å². The maximum absolute atomic E-state index is 8.84. The molecule has 0 aliphatic heterocycles. The second-order valence-corrected chi connectivity index (χ2v) is 3.92. The highest BCUT2D eigenvalue weighted by Crippen LogP contribution is 2.37. The molecule has 0 fully saturated rings. The van der Waals surface area contributed by atoms with Gasteiger partial charge in [0.05, 0.1) is 21.3 Å². The zero-order valence-corrected chi connectivity index (χ0v) is 11.1. The van der Waals surface area contributed by atoms with Gasteiger partial charge in [-0.25, -0.2) is 0 Å². The number of ether oxygens (including phenoxy) is 3. The topological polar surface area (TPSA) is 73.9 Å². The minimum Gasteiger partial charge on any atom is -0.496 e. The van der Waals surface area contributed by atoms with E-state index >= 15 is 0 Å². The molecule has 5 heteroatoms. The van der Waals surface area contributed by atoms with Crippen LogP contribution >= 0.6 is 0 Å². The normalized spacial score (nSPS) is 12.1. The predicted molar refractivity (Wildman–Crippen MR) is 69.3 cm³/mol. The largest absolute Gasteiger partial charge is 0.496 e. The fraction of sp³-hybridized carbons (Fsp3) is 0.538. The van der Waals surface area contributed by atoms with E-state index in [2.05, 4.69) is 0 Å². The Kier molecular flexibility index (Phi) is 5.74. The van der Waals surface area contributed by atoms with E-state index in [-0.39, 0.29) is 12.6 Å². The zero-order chi connectivity index (χ0) is 13.5. The summed E-state index contributed by atoms with van der Waals surface area (Å²) in [6, 6.07) is 3.37. The lowest BCUT2D eigenvalue weighted by molar-refractivity contribution is 0.279. The van der Waals surface area contributed by atoms with Crippen LogP contribution in [0.3, 0.4) is 0 Å². The second-order valence-electron chi connectivity index (χ2n) is 3.92. The summed E-state index contributed by atoms with van der Waals surface area (Å²) in [6.07, 6.45) is 1.33. The van der Waals surface area contributed by atoms with Gasteiger partial charge in [0.2, 0.25) is 0 Å². The van der Waals surface area contributed by atoms with E-state index in [0.29, 0.717) is 30.1 Å². The van der Waals surface area contributed by atoms with E-state index in [1.54, 1.807) is 27.4 Å². The average Bonchev–Trinajstić information content (AvgIpc) is 2.42. The number of rotatable bonds is 7. The Morgan fingerprint density at radius 1 is 1.06 bits per heavy atom. The number of benzene rings is 1. The molecule has 1 atom stereocenters. The van der Waals surface area contributed by atoms with Gasteiger partial charge in [0.1, 0.15) is 5.75 Å². The third-order valence-electron chi connectivity index (χ3n) is 2.81. The lowest BCUT2D eigenvalue weighted by Gasteiger charge is -2.18. The van der Waals surface area contributed by atoms with Gasteiger partial charge in [0.25, 0.3) is 0 Å². The van der Waals surface area contributed by atoms with Crippen molar-refractivity contribution >= 4 is 0 Å². The molecule has 5 nitrogen and oxygen atoms in total. The molecule has 0 spiro atoms. The van der Waals surface area contributed by atoms with Gasteiger partial charge in [0.15, 0.2) is 11.5 Å². The molecule has 0 saturated carbocycles. The van der Waals surface area contributed by atoms with E-state index in [9.17, 15) is 0 Å². The van der Waals surface area contributed by atoms with Crippen molar-refractivity contribution < 1.29 is 19.3 Å². The molecule has 102 valence electrons. The van der Waals surface area contributed by atoms with Crippen LogP contribution in [0.1, 0.15) is 24.4 Å². The van der Waals surface area contributed by atoms with Crippen LogP contribution in [-0.2, 0) is 0 Å². The van der Waals surface area contributed by atoms with Gasteiger partial charge in [-0.3, -0.25) is 0 Å². The third kappa shape index (κ3) is 3.27. The monoisotopic (exact) mass is 255 g/mol. The van der Waals surface area contributed by atoms with Gasteiger partial charge in [-0.1, -0.05) is 0 Å². The van der Waals surface area contributed by atoms with Crippen LogP contribution in [0.4, 0.5) is 0 Å². The van der Waals surface area contributed by atoms with Crippen molar-refractivity contribution in [2.75, 3.05) is 27.9 Å². The van der Waals surface area contributed by atoms with Gasteiger partial charge >= 0.3 is 0 Å². The quantitative estimate of drug-likeness (QED) is 0.772. The highest BCUT2D eigenvalue weighted by molar-refractivity contribution is 5.51. The first-order valence-corrected chi connectivity index (χ1v) is 5.84. The van der Waals surface area contributed by atoms with Crippen molar-refractivity contribution in [3.05, 3.63) is 17.7 Å². The van der Waals surface area contributed by atoms with Crippen LogP contribution in [0.25, 0.3) is 0 Å². The van der Waals surface area contributed by atoms with Crippen molar-refractivity contribution in [1.29, 1.82) is 0 Å². The van der Waals surface area contributed by atoms with Crippen molar-refractivity contribution in [2.45, 2.75) is 18.9 Å². The molecule has 18 heavy (non-hydrogen) atoms. The molecular weight excluding hydrogens is 234 g/mol. The predicted octanol–water partition coefficient (Wildman–Crippen LogP) is 1.48. The Hall–Kier alpha value is -1.46. The Bertz CT molecular complexity index is 381. The summed E-state index contributed by atoms with van der Waals surface area (Å²) in [6.45, 7) is 0.128. The molecule has 0 unspecified atom stereocenters. The van der Waals surface area contributed by atoms with Gasteiger partial charge in [0, 0.05) is 24.3 Å². The molecule has 3 N–H and O–H groups in total. The third-order valence-corrected chi connectivity index (χ3v) is 2.81. The van der Waals surface area contributed by atoms with Gasteiger partial charge in [-0.15, -0.1) is 0 Å². The summed E-state index contributed by atoms with van der Waals surface area (Å²) in [5, 5.41) is 8.84. The zero-order valence-electron chi connectivity index (χ0n) is 11.1. The molecule has 0 radical (unpaired) electrons. The fourth-order valence-corrected chi connectivity index (χ4v) is 1.81. The smallest absolute Gasteiger partial charge is 0.164 e. The number of methoxy groups -OCH3 is 3. The van der Waals surface area contributed by atoms with Gasteiger partial charge in [-0.2, -0.15) is 0 Å². The van der Waals surface area contributed by atoms with E-state index in [1.165, 1.54) is 0 Å². The van der Waals surface area contributed by atoms with E-state index in [1.807, 2.05) is 6.07 Å². The first kappa shape index (κ1) is 14.6. The fourth-order valence-electron chi connectivity index (χ4n) is 1.81. The Balaban J connectivity index is 3.08. The Morgan fingerprint density at radius 3 is 2.11 bits per heavy atom. The number of hydrogen-bond donors (Lipinski definition) is 2. The highest BCUT2D eigenvalue weighted by Gasteiger charge is 2.16. The summed E-state index contributed by atoms with van der Waals surface area (Å²) >= 11 is 0. The van der Waals surface area contributed by atoms with Crippen LogP contribution in [0.2, 0.25) is 0 Å². The molecule has 0 aromatic heterocycles. The molecule has 0 heterocycles. The van der Waals surface area contributed by atoms with Crippen molar-refractivity contribution in [1.82, 2.24) is 0 Å². The number of hydrogen-bond acceptors (Lipinski definition) is 5. The first-order chi connectivity index (χ1) is 8.67. The first-order valence-electron chi connectivity index (χ1n) is 5.84. The van der Waals surface area contributed by atoms with E-state index in [0.717, 1.165) is 5.56 Å². The number of nitrogens with two attached hydrogens (primary N) is 1. The van der Waals surface area contributed by atoms with Crippen molar-refractivity contribution in [3.63, 3.8) is 0 Å². The van der Waals surface area contributed by atoms with Crippen LogP contribution < -0.4 is 19.9 Å². The lowest BCUT2D eigenvalue weighted by Crippen LogP contribution is -2.12. The highest BCUT2D eigenvalue weighted by atomic mass is 16.5. The van der Waals surface area contributed by atoms with Crippen LogP contribution in [-0.4, -0.2) is 33.0 Å². The Labute approximate surface area is 107 Å². The standard InChI is InChI=1S/C13H21NO4/c1-16-11-8-13(18-3)12(17-2)7-9(11)10(14)5-4-6-15/h7-8,10,15H,4-6,14H2,1-3H3/t10-/m0/s1. The SMILES string of the molecule is COc1cc(OC)c([C@@H](N)CCCO)cc1OC. The molecule has 1 rings (SSSR count). The molecular formula is C13H21NO4. The Morgan fingerprint density at radius 2 is 1.61 bits per heavy atom. The maximum Gasteiger partial charge on any atom is 0.164 e. The molecule has 1 aromatic rings. The average molecular weight is 255 g/mol. The van der Waals surface area contributed by atoms with Crippen molar-refractivity contribution in [2.24, 2.45) is 5.73 Å². The molecule has 0 amide bonds. The number of aliphatic hydroxyl groups excluding tert-OH is 1. The summed E-state index contributed by atoms with van der Waals surface area (Å²) in [5.74, 6) is 1.89. The molecule has 0 aliphatic rings. The van der Waals surface area contributed by atoms with Crippen molar-refractivity contribution in [3.8, 4) is 17.2 Å². The summed E-state index contributed by atoms with van der Waals surface area (Å²) in [5.41, 5.74) is 6.94. The van der Waals surface area contributed by atoms with E-state index < -0.39 is 0 Å². The summed E-state index contributed by atoms with van der Waals surface area (Å²) < 4.78 is 15.8. The summed E-state index contributed by atoms with van der Waals surface area (Å²) in [4.78, 5) is 0. The lowest BCUT2D eigenvalue weighted by atomic mass is 10.0. The molecule has 0 saturated heterocycles. The minimum absolute atomic E-state index is 0.128. The molecule has 0 aliphatic carbocycles. The van der Waals surface area contributed by atoms with E-state index in [4.69, 9.17) is 25.1 Å². The summed E-state index contributed by atoms with van der Waals surface area (Å²) in [7, 11) is 4.74. The van der Waals surface area contributed by atoms with Gasteiger partial charge < -0.3 is 25.1 Å².